The summed E-state index contributed by atoms with van der Waals surface area (Å²) in [5, 5.41) is 12.5. The predicted molar refractivity (Wildman–Crippen MR) is 80.8 cm³/mol. The molecule has 1 aromatic carbocycles. The monoisotopic (exact) mass is 318 g/mol. The first-order chi connectivity index (χ1) is 10.5. The fourth-order valence-electron chi connectivity index (χ4n) is 2.53. The van der Waals surface area contributed by atoms with Crippen LogP contribution in [0.5, 0.6) is 0 Å². The van der Waals surface area contributed by atoms with Crippen LogP contribution in [0, 0.1) is 17.2 Å². The van der Waals surface area contributed by atoms with E-state index in [-0.39, 0.29) is 6.61 Å². The average Bonchev–Trinajstić information content (AvgIpc) is 2.47. The van der Waals surface area contributed by atoms with E-state index in [2.05, 4.69) is 5.32 Å². The molecule has 5 nitrogen and oxygen atoms in total. The summed E-state index contributed by atoms with van der Waals surface area (Å²) < 4.78 is 5.07. The second kappa shape index (κ2) is 6.63. The quantitative estimate of drug-likeness (QED) is 0.869. The van der Waals surface area contributed by atoms with E-state index >= 15 is 0 Å². The van der Waals surface area contributed by atoms with Gasteiger partial charge in [0, 0.05) is 16.6 Å². The normalized spacial score (nSPS) is 21.1. The number of hydrogen-bond acceptors (Lipinski definition) is 4. The van der Waals surface area contributed by atoms with Crippen molar-refractivity contribution in [3.63, 3.8) is 0 Å². The number of hydrogen-bond donors (Lipinski definition) is 1. The molecule has 0 unspecified atom stereocenters. The van der Waals surface area contributed by atoms with Gasteiger partial charge in [-0.25, -0.2) is 4.79 Å². The van der Waals surface area contributed by atoms with Gasteiger partial charge in [-0.3, -0.25) is 4.79 Å². The predicted octanol–water partition coefficient (Wildman–Crippen LogP) is 2.53. The van der Waals surface area contributed by atoms with Gasteiger partial charge in [0.15, 0.2) is 0 Å². The minimum absolute atomic E-state index is 0.216. The molecular formula is C16H15ClN2O3. The third-order valence-electron chi connectivity index (χ3n) is 3.51. The molecule has 1 aromatic rings. The number of esters is 1. The number of ether oxygens (including phenoxy) is 1. The van der Waals surface area contributed by atoms with Crippen molar-refractivity contribution in [3.8, 4) is 6.07 Å². The van der Waals surface area contributed by atoms with Gasteiger partial charge in [-0.15, -0.1) is 0 Å². The first-order valence-corrected chi connectivity index (χ1v) is 7.21. The number of allylic oxidation sites excluding steroid dienone is 1. The van der Waals surface area contributed by atoms with Crippen molar-refractivity contribution in [3.05, 3.63) is 46.1 Å². The zero-order chi connectivity index (χ0) is 16.3. The molecule has 1 aliphatic heterocycles. The molecule has 114 valence electrons. The minimum atomic E-state index is -0.996. The Labute approximate surface area is 133 Å². The Morgan fingerprint density at radius 3 is 2.59 bits per heavy atom. The zero-order valence-corrected chi connectivity index (χ0v) is 13.0. The topological polar surface area (TPSA) is 79.2 Å². The summed E-state index contributed by atoms with van der Waals surface area (Å²) >= 11 is 5.88. The van der Waals surface area contributed by atoms with Gasteiger partial charge in [0.25, 0.3) is 0 Å². The number of carbonyl (C=O) groups is 2. The lowest BCUT2D eigenvalue weighted by Gasteiger charge is -2.30. The minimum Gasteiger partial charge on any atom is -0.463 e. The second-order valence-electron chi connectivity index (χ2n) is 4.88. The molecule has 22 heavy (non-hydrogen) atoms. The van der Waals surface area contributed by atoms with Gasteiger partial charge in [0.2, 0.25) is 5.91 Å². The van der Waals surface area contributed by atoms with Crippen LogP contribution >= 0.6 is 11.6 Å². The number of nitrogens with one attached hydrogen (secondary N) is 1. The highest BCUT2D eigenvalue weighted by atomic mass is 35.5. The molecule has 0 bridgehead atoms. The van der Waals surface area contributed by atoms with E-state index < -0.39 is 23.7 Å². The molecule has 0 radical (unpaired) electrons. The number of nitrogens with zero attached hydrogens (tertiary/aromatic N) is 1. The highest BCUT2D eigenvalue weighted by Crippen LogP contribution is 2.37. The molecular weight excluding hydrogens is 304 g/mol. The molecule has 0 aliphatic carbocycles. The largest absolute Gasteiger partial charge is 0.463 e. The van der Waals surface area contributed by atoms with Gasteiger partial charge in [0.05, 0.1) is 18.2 Å². The van der Waals surface area contributed by atoms with E-state index in [1.807, 2.05) is 6.07 Å². The van der Waals surface area contributed by atoms with Crippen molar-refractivity contribution in [2.75, 3.05) is 6.61 Å². The van der Waals surface area contributed by atoms with Crippen LogP contribution in [-0.2, 0) is 14.3 Å². The van der Waals surface area contributed by atoms with E-state index in [1.54, 1.807) is 38.1 Å². The van der Waals surface area contributed by atoms with Crippen LogP contribution in [0.4, 0.5) is 0 Å². The summed E-state index contributed by atoms with van der Waals surface area (Å²) in [6, 6.07) is 8.72. The Kier molecular flexibility index (Phi) is 4.84. The zero-order valence-electron chi connectivity index (χ0n) is 12.2. The lowest BCUT2D eigenvalue weighted by Crippen LogP contribution is -2.41. The van der Waals surface area contributed by atoms with Crippen molar-refractivity contribution in [1.82, 2.24) is 5.32 Å². The SMILES string of the molecule is CCOC(=O)C1=C(C)NC(=O)[C@@H](C#N)[C@H]1c1ccc(Cl)cc1. The fourth-order valence-corrected chi connectivity index (χ4v) is 2.66. The molecule has 1 aliphatic rings. The number of benzene rings is 1. The lowest BCUT2D eigenvalue weighted by molar-refractivity contribution is -0.139. The van der Waals surface area contributed by atoms with Gasteiger partial charge < -0.3 is 10.1 Å². The highest BCUT2D eigenvalue weighted by molar-refractivity contribution is 6.30. The first-order valence-electron chi connectivity index (χ1n) is 6.83. The van der Waals surface area contributed by atoms with Crippen LogP contribution < -0.4 is 5.32 Å². The lowest BCUT2D eigenvalue weighted by atomic mass is 9.77. The van der Waals surface area contributed by atoms with Crippen LogP contribution in [0.2, 0.25) is 5.02 Å². The third kappa shape index (κ3) is 2.97. The van der Waals surface area contributed by atoms with E-state index in [1.165, 1.54) is 0 Å². The van der Waals surface area contributed by atoms with Crippen molar-refractivity contribution < 1.29 is 14.3 Å². The van der Waals surface area contributed by atoms with Crippen LogP contribution in [0.25, 0.3) is 0 Å². The molecule has 1 heterocycles. The molecule has 0 spiro atoms. The maximum atomic E-state index is 12.3. The maximum absolute atomic E-state index is 12.3. The van der Waals surface area contributed by atoms with Crippen molar-refractivity contribution in [2.45, 2.75) is 19.8 Å². The van der Waals surface area contributed by atoms with Crippen molar-refractivity contribution in [1.29, 1.82) is 5.26 Å². The van der Waals surface area contributed by atoms with Crippen LogP contribution in [0.3, 0.4) is 0 Å². The molecule has 2 atom stereocenters. The van der Waals surface area contributed by atoms with Crippen molar-refractivity contribution >= 4 is 23.5 Å². The van der Waals surface area contributed by atoms with Crippen molar-refractivity contribution in [2.24, 2.45) is 5.92 Å². The Hall–Kier alpha value is -2.32. The summed E-state index contributed by atoms with van der Waals surface area (Å²) in [6.07, 6.45) is 0. The Morgan fingerprint density at radius 1 is 1.41 bits per heavy atom. The Bertz CT molecular complexity index is 674. The summed E-state index contributed by atoms with van der Waals surface area (Å²) in [5.41, 5.74) is 1.39. The summed E-state index contributed by atoms with van der Waals surface area (Å²) in [4.78, 5) is 24.3. The van der Waals surface area contributed by atoms with Crippen LogP contribution in [0.15, 0.2) is 35.5 Å². The Balaban J connectivity index is 2.57. The number of rotatable bonds is 3. The summed E-state index contributed by atoms with van der Waals surface area (Å²) in [6.45, 7) is 3.54. The highest BCUT2D eigenvalue weighted by Gasteiger charge is 2.41. The molecule has 0 aromatic heterocycles. The number of nitriles is 1. The standard InChI is InChI=1S/C16H15ClN2O3/c1-3-22-16(21)13-9(2)19-15(20)12(8-18)14(13)10-4-6-11(17)7-5-10/h4-7,12,14H,3H2,1-2H3,(H,19,20)/t12-,14+/m0/s1. The van der Waals surface area contributed by atoms with E-state index in [0.717, 1.165) is 0 Å². The van der Waals surface area contributed by atoms with E-state index in [9.17, 15) is 14.9 Å². The maximum Gasteiger partial charge on any atom is 0.336 e. The molecule has 1 N–H and O–H groups in total. The van der Waals surface area contributed by atoms with E-state index in [4.69, 9.17) is 16.3 Å². The van der Waals surface area contributed by atoms with Gasteiger partial charge in [-0.2, -0.15) is 5.26 Å². The van der Waals surface area contributed by atoms with Gasteiger partial charge in [-0.1, -0.05) is 23.7 Å². The summed E-state index contributed by atoms with van der Waals surface area (Å²) in [7, 11) is 0. The van der Waals surface area contributed by atoms with E-state index in [0.29, 0.717) is 21.9 Å². The first kappa shape index (κ1) is 16.1. The molecule has 0 fully saturated rings. The number of carbonyl (C=O) groups excluding carboxylic acids is 2. The summed E-state index contributed by atoms with van der Waals surface area (Å²) in [5.74, 6) is -2.62. The van der Waals surface area contributed by atoms with Gasteiger partial charge in [-0.05, 0) is 31.5 Å². The molecule has 1 amide bonds. The second-order valence-corrected chi connectivity index (χ2v) is 5.32. The molecule has 2 rings (SSSR count). The van der Waals surface area contributed by atoms with Gasteiger partial charge in [0.1, 0.15) is 5.92 Å². The molecule has 0 saturated heterocycles. The molecule has 6 heteroatoms. The van der Waals surface area contributed by atoms with Gasteiger partial charge >= 0.3 is 5.97 Å². The van der Waals surface area contributed by atoms with Crippen LogP contribution in [-0.4, -0.2) is 18.5 Å². The Morgan fingerprint density at radius 2 is 2.05 bits per heavy atom. The van der Waals surface area contributed by atoms with Crippen LogP contribution in [0.1, 0.15) is 25.3 Å². The fraction of sp³-hybridized carbons (Fsp3) is 0.312. The third-order valence-corrected chi connectivity index (χ3v) is 3.76. The number of halogens is 1. The molecule has 0 saturated carbocycles. The number of amides is 1. The average molecular weight is 319 g/mol. The smallest absolute Gasteiger partial charge is 0.336 e.